The first-order valence-corrected chi connectivity index (χ1v) is 7.54. The largest absolute Gasteiger partial charge is 0.317 e. The monoisotopic (exact) mass is 328 g/mol. The Balaban J connectivity index is 0.00000180. The van der Waals surface area contributed by atoms with Gasteiger partial charge < -0.3 is 5.32 Å². The van der Waals surface area contributed by atoms with Crippen LogP contribution in [0.3, 0.4) is 0 Å². The maximum Gasteiger partial charge on any atom is 0.243 e. The maximum absolute atomic E-state index is 13.7. The second-order valence-corrected chi connectivity index (χ2v) is 6.29. The minimum Gasteiger partial charge on any atom is -0.317 e. The standard InChI is InChI=1S/C11H14ClFN2O2S.ClH/c12-9-2-1-3-10(11(9)13)18(16,17)15-8-4-6-14-7-5-8;/h1-3,8,14-15H,4-7H2;1H. The highest BCUT2D eigenvalue weighted by Gasteiger charge is 2.25. The molecule has 0 radical (unpaired) electrons. The highest BCUT2D eigenvalue weighted by Crippen LogP contribution is 2.22. The van der Waals surface area contributed by atoms with E-state index in [1.165, 1.54) is 18.2 Å². The summed E-state index contributed by atoms with van der Waals surface area (Å²) in [7, 11) is -3.85. The Morgan fingerprint density at radius 2 is 1.95 bits per heavy atom. The number of hydrogen-bond acceptors (Lipinski definition) is 3. The first-order valence-electron chi connectivity index (χ1n) is 5.68. The molecule has 0 atom stereocenters. The van der Waals surface area contributed by atoms with Crippen molar-refractivity contribution in [1.29, 1.82) is 0 Å². The molecule has 1 heterocycles. The number of benzene rings is 1. The van der Waals surface area contributed by atoms with E-state index in [-0.39, 0.29) is 23.5 Å². The van der Waals surface area contributed by atoms with E-state index in [1.54, 1.807) is 0 Å². The van der Waals surface area contributed by atoms with Crippen LogP contribution in [0.4, 0.5) is 4.39 Å². The van der Waals surface area contributed by atoms with E-state index in [2.05, 4.69) is 10.0 Å². The van der Waals surface area contributed by atoms with Crippen LogP contribution in [0.5, 0.6) is 0 Å². The fraction of sp³-hybridized carbons (Fsp3) is 0.455. The van der Waals surface area contributed by atoms with Crippen LogP contribution in [0.1, 0.15) is 12.8 Å². The zero-order valence-electron chi connectivity index (χ0n) is 10.0. The van der Waals surface area contributed by atoms with E-state index in [0.717, 1.165) is 13.1 Å². The Morgan fingerprint density at radius 1 is 1.32 bits per heavy atom. The lowest BCUT2D eigenvalue weighted by atomic mass is 10.1. The van der Waals surface area contributed by atoms with Crippen LogP contribution in [-0.2, 0) is 10.0 Å². The Bertz CT molecular complexity index is 533. The minimum atomic E-state index is -3.85. The Hall–Kier alpha value is -0.400. The first-order chi connectivity index (χ1) is 8.50. The predicted molar refractivity (Wildman–Crippen MR) is 74.9 cm³/mol. The number of sulfonamides is 1. The van der Waals surface area contributed by atoms with Crippen molar-refractivity contribution in [2.45, 2.75) is 23.8 Å². The van der Waals surface area contributed by atoms with Gasteiger partial charge in [0.15, 0.2) is 5.82 Å². The molecule has 2 rings (SSSR count). The van der Waals surface area contributed by atoms with Crippen LogP contribution in [-0.4, -0.2) is 27.5 Å². The zero-order chi connectivity index (χ0) is 13.2. The van der Waals surface area contributed by atoms with Crippen molar-refractivity contribution in [3.63, 3.8) is 0 Å². The molecule has 1 aliphatic rings. The summed E-state index contributed by atoms with van der Waals surface area (Å²) in [6.07, 6.45) is 1.39. The van der Waals surface area contributed by atoms with Gasteiger partial charge in [-0.2, -0.15) is 0 Å². The number of piperidine rings is 1. The van der Waals surface area contributed by atoms with Gasteiger partial charge in [-0.25, -0.2) is 17.5 Å². The zero-order valence-corrected chi connectivity index (χ0v) is 12.4. The van der Waals surface area contributed by atoms with Gasteiger partial charge in [-0.3, -0.25) is 0 Å². The first kappa shape index (κ1) is 16.7. The molecule has 1 aliphatic heterocycles. The summed E-state index contributed by atoms with van der Waals surface area (Å²) in [6.45, 7) is 1.51. The highest BCUT2D eigenvalue weighted by molar-refractivity contribution is 7.89. The summed E-state index contributed by atoms with van der Waals surface area (Å²) in [5.74, 6) is -0.902. The summed E-state index contributed by atoms with van der Waals surface area (Å²) < 4.78 is 40.3. The second kappa shape index (κ2) is 6.85. The van der Waals surface area contributed by atoms with Crippen LogP contribution >= 0.6 is 24.0 Å². The van der Waals surface area contributed by atoms with Crippen molar-refractivity contribution in [1.82, 2.24) is 10.0 Å². The van der Waals surface area contributed by atoms with Crippen LogP contribution in [0.15, 0.2) is 23.1 Å². The smallest absolute Gasteiger partial charge is 0.243 e. The molecule has 108 valence electrons. The topological polar surface area (TPSA) is 58.2 Å². The molecule has 0 bridgehead atoms. The molecule has 1 aromatic carbocycles. The average molecular weight is 329 g/mol. The number of rotatable bonds is 3. The third kappa shape index (κ3) is 4.03. The van der Waals surface area contributed by atoms with Gasteiger partial charge in [-0.05, 0) is 38.1 Å². The average Bonchev–Trinajstić information content (AvgIpc) is 2.33. The highest BCUT2D eigenvalue weighted by atomic mass is 35.5. The Labute approximate surface area is 123 Å². The fourth-order valence-corrected chi connectivity index (χ4v) is 3.55. The lowest BCUT2D eigenvalue weighted by Gasteiger charge is -2.23. The van der Waals surface area contributed by atoms with Gasteiger partial charge in [0, 0.05) is 6.04 Å². The lowest BCUT2D eigenvalue weighted by molar-refractivity contribution is 0.426. The van der Waals surface area contributed by atoms with Gasteiger partial charge in [-0.15, -0.1) is 12.4 Å². The van der Waals surface area contributed by atoms with E-state index in [9.17, 15) is 12.8 Å². The second-order valence-electron chi connectivity index (χ2n) is 4.20. The SMILES string of the molecule is Cl.O=S(=O)(NC1CCNCC1)c1cccc(Cl)c1F. The lowest BCUT2D eigenvalue weighted by Crippen LogP contribution is -2.42. The van der Waals surface area contributed by atoms with Crippen LogP contribution < -0.4 is 10.0 Å². The molecule has 19 heavy (non-hydrogen) atoms. The Kier molecular flexibility index (Phi) is 6.01. The molecule has 0 unspecified atom stereocenters. The van der Waals surface area contributed by atoms with E-state index < -0.39 is 20.7 Å². The predicted octanol–water partition coefficient (Wildman–Crippen LogP) is 1.93. The van der Waals surface area contributed by atoms with E-state index in [0.29, 0.717) is 12.8 Å². The van der Waals surface area contributed by atoms with Gasteiger partial charge in [0.1, 0.15) is 4.90 Å². The molecule has 0 saturated carbocycles. The number of nitrogens with one attached hydrogen (secondary N) is 2. The van der Waals surface area contributed by atoms with Crippen molar-refractivity contribution in [2.24, 2.45) is 0 Å². The summed E-state index contributed by atoms with van der Waals surface area (Å²) in [5.41, 5.74) is 0. The van der Waals surface area contributed by atoms with Gasteiger partial charge in [-0.1, -0.05) is 17.7 Å². The van der Waals surface area contributed by atoms with Gasteiger partial charge >= 0.3 is 0 Å². The van der Waals surface area contributed by atoms with Gasteiger partial charge in [0.2, 0.25) is 10.0 Å². The summed E-state index contributed by atoms with van der Waals surface area (Å²) >= 11 is 5.59. The quantitative estimate of drug-likeness (QED) is 0.891. The molecule has 4 nitrogen and oxygen atoms in total. The molecular formula is C11H15Cl2FN2O2S. The van der Waals surface area contributed by atoms with Gasteiger partial charge in [0.25, 0.3) is 0 Å². The molecule has 0 spiro atoms. The normalized spacial score (nSPS) is 16.9. The maximum atomic E-state index is 13.7. The molecule has 0 aromatic heterocycles. The van der Waals surface area contributed by atoms with Crippen molar-refractivity contribution in [3.8, 4) is 0 Å². The number of hydrogen-bond donors (Lipinski definition) is 2. The van der Waals surface area contributed by atoms with Crippen molar-refractivity contribution < 1.29 is 12.8 Å². The van der Waals surface area contributed by atoms with Crippen molar-refractivity contribution in [3.05, 3.63) is 29.0 Å². The molecule has 0 aliphatic carbocycles. The van der Waals surface area contributed by atoms with Crippen molar-refractivity contribution >= 4 is 34.0 Å². The minimum absolute atomic E-state index is 0. The third-order valence-corrected chi connectivity index (χ3v) is 4.70. The van der Waals surface area contributed by atoms with Crippen LogP contribution in [0.2, 0.25) is 5.02 Å². The van der Waals surface area contributed by atoms with E-state index in [1.807, 2.05) is 0 Å². The number of halogens is 3. The van der Waals surface area contributed by atoms with Crippen LogP contribution in [0.25, 0.3) is 0 Å². The molecule has 1 fully saturated rings. The Morgan fingerprint density at radius 3 is 2.58 bits per heavy atom. The summed E-state index contributed by atoms with van der Waals surface area (Å²) in [5, 5.41) is 2.94. The molecule has 1 aromatic rings. The van der Waals surface area contributed by atoms with Crippen LogP contribution in [0, 0.1) is 5.82 Å². The summed E-state index contributed by atoms with van der Waals surface area (Å²) in [6, 6.07) is 3.79. The molecule has 8 heteroatoms. The fourth-order valence-electron chi connectivity index (χ4n) is 1.91. The molecular weight excluding hydrogens is 314 g/mol. The van der Waals surface area contributed by atoms with E-state index in [4.69, 9.17) is 11.6 Å². The van der Waals surface area contributed by atoms with Gasteiger partial charge in [0.05, 0.1) is 5.02 Å². The van der Waals surface area contributed by atoms with E-state index >= 15 is 0 Å². The summed E-state index contributed by atoms with van der Waals surface area (Å²) in [4.78, 5) is -0.395. The molecule has 0 amide bonds. The third-order valence-electron chi connectivity index (χ3n) is 2.87. The molecule has 1 saturated heterocycles. The molecule has 2 N–H and O–H groups in total. The van der Waals surface area contributed by atoms with Crippen molar-refractivity contribution in [2.75, 3.05) is 13.1 Å².